The van der Waals surface area contributed by atoms with Gasteiger partial charge in [-0.3, -0.25) is 0 Å². The zero-order chi connectivity index (χ0) is 24.4. The van der Waals surface area contributed by atoms with Gasteiger partial charge in [0.2, 0.25) is 17.2 Å². The predicted molar refractivity (Wildman–Crippen MR) is 120 cm³/mol. The van der Waals surface area contributed by atoms with Gasteiger partial charge in [0.25, 0.3) is 0 Å². The van der Waals surface area contributed by atoms with Gasteiger partial charge in [-0.2, -0.15) is 0 Å². The second-order valence-corrected chi connectivity index (χ2v) is 7.69. The summed E-state index contributed by atoms with van der Waals surface area (Å²) >= 11 is 2.87. The minimum atomic E-state index is -1.29. The molecule has 0 atom stereocenters. The first kappa shape index (κ1) is 22.7. The highest BCUT2D eigenvalue weighted by Crippen LogP contribution is 2.60. The van der Waals surface area contributed by atoms with Gasteiger partial charge >= 0.3 is 0 Å². The summed E-state index contributed by atoms with van der Waals surface area (Å²) in [7, 11) is 2.42. The summed E-state index contributed by atoms with van der Waals surface area (Å²) in [5.74, 6) is -11.5. The minimum absolute atomic E-state index is 0.140. The maximum Gasteiger partial charge on any atom is 0.208 e. The first-order valence-corrected chi connectivity index (χ1v) is 9.44. The largest absolute Gasteiger partial charge is 0.508 e. The molecule has 0 saturated carbocycles. The monoisotopic (exact) mass is 508 g/mol. The van der Waals surface area contributed by atoms with Gasteiger partial charge in [0.15, 0.2) is 23.0 Å². The average Bonchev–Trinajstić information content (AvgIpc) is 2.76. The molecule has 0 aliphatic carbocycles. The molecule has 0 aliphatic heterocycles. The number of hydrogen-bond acceptors (Lipinski definition) is 11. The van der Waals surface area contributed by atoms with E-state index in [1.807, 2.05) is 0 Å². The van der Waals surface area contributed by atoms with Crippen molar-refractivity contribution in [1.29, 1.82) is 0 Å². The van der Waals surface area contributed by atoms with Crippen LogP contribution in [-0.4, -0.2) is 71.9 Å². The fourth-order valence-electron chi connectivity index (χ4n) is 3.33. The fourth-order valence-corrected chi connectivity index (χ4v) is 3.82. The van der Waals surface area contributed by atoms with Crippen LogP contribution in [0.3, 0.4) is 0 Å². The number of rotatable bonds is 2. The van der Waals surface area contributed by atoms with E-state index < -0.39 is 85.5 Å². The van der Waals surface area contributed by atoms with Gasteiger partial charge in [0.1, 0.15) is 43.2 Å². The van der Waals surface area contributed by atoms with Gasteiger partial charge in [-0.1, -0.05) is 0 Å². The SMILES string of the molecule is Bc1c(O)c(-c2c(B)c(O)c(Br)c(O)c2O)c(O)c(-c2c(O)c(O)c(O)c(O)c2O)c1O. The van der Waals surface area contributed by atoms with Crippen LogP contribution in [-0.2, 0) is 0 Å². The van der Waals surface area contributed by atoms with Gasteiger partial charge in [0.05, 0.1) is 16.7 Å². The molecule has 166 valence electrons. The summed E-state index contributed by atoms with van der Waals surface area (Å²) in [6.07, 6.45) is 0. The lowest BCUT2D eigenvalue weighted by Crippen LogP contribution is -2.13. The first-order valence-electron chi connectivity index (χ1n) is 8.65. The Morgan fingerprint density at radius 1 is 0.344 bits per heavy atom. The molecule has 0 radical (unpaired) electrons. The van der Waals surface area contributed by atoms with E-state index in [9.17, 15) is 56.2 Å². The molecule has 3 rings (SSSR count). The number of benzene rings is 3. The molecule has 11 N–H and O–H groups in total. The molecule has 0 aliphatic rings. The third kappa shape index (κ3) is 2.83. The minimum Gasteiger partial charge on any atom is -0.508 e. The smallest absolute Gasteiger partial charge is 0.208 e. The number of phenolic OH excluding ortho intramolecular Hbond substituents is 11. The van der Waals surface area contributed by atoms with Gasteiger partial charge < -0.3 is 56.2 Å². The van der Waals surface area contributed by atoms with Crippen molar-refractivity contribution in [1.82, 2.24) is 0 Å². The summed E-state index contributed by atoms with van der Waals surface area (Å²) in [6.45, 7) is 0. The Hall–Kier alpha value is -3.93. The van der Waals surface area contributed by atoms with Gasteiger partial charge in [-0.15, -0.1) is 0 Å². The summed E-state index contributed by atoms with van der Waals surface area (Å²) in [6, 6.07) is 0. The molecule has 0 aromatic heterocycles. The molecule has 14 heteroatoms. The molecule has 0 heterocycles. The molecule has 0 unspecified atom stereocenters. The lowest BCUT2D eigenvalue weighted by atomic mass is 9.79. The number of phenols is 11. The van der Waals surface area contributed by atoms with Crippen LogP contribution in [0, 0.1) is 0 Å². The van der Waals surface area contributed by atoms with Crippen LogP contribution in [0.4, 0.5) is 0 Å². The van der Waals surface area contributed by atoms with E-state index in [1.54, 1.807) is 0 Å². The zero-order valence-corrected chi connectivity index (χ0v) is 17.9. The van der Waals surface area contributed by atoms with E-state index in [0.29, 0.717) is 0 Å². The van der Waals surface area contributed by atoms with E-state index in [2.05, 4.69) is 15.9 Å². The normalized spacial score (nSPS) is 11.0. The second-order valence-electron chi connectivity index (χ2n) is 6.90. The van der Waals surface area contributed by atoms with Crippen LogP contribution in [0.1, 0.15) is 0 Å². The number of halogens is 1. The van der Waals surface area contributed by atoms with Gasteiger partial charge in [0, 0.05) is 5.56 Å². The van der Waals surface area contributed by atoms with Crippen molar-refractivity contribution in [2.24, 2.45) is 0 Å². The summed E-state index contributed by atoms with van der Waals surface area (Å²) in [5, 5.41) is 113. The van der Waals surface area contributed by atoms with Crippen LogP contribution in [0.15, 0.2) is 4.47 Å². The Kier molecular flexibility index (Phi) is 5.22. The molecule has 0 spiro atoms. The van der Waals surface area contributed by atoms with Crippen molar-refractivity contribution in [3.8, 4) is 85.5 Å². The maximum atomic E-state index is 10.9. The highest BCUT2D eigenvalue weighted by Gasteiger charge is 2.33. The molecular weight excluding hydrogens is 494 g/mol. The van der Waals surface area contributed by atoms with Crippen LogP contribution < -0.4 is 10.9 Å². The molecule has 0 bridgehead atoms. The Morgan fingerprint density at radius 3 is 1.16 bits per heavy atom. The Bertz CT molecular complexity index is 1170. The predicted octanol–water partition coefficient (Wildman–Crippen LogP) is -0.939. The Morgan fingerprint density at radius 2 is 0.688 bits per heavy atom. The summed E-state index contributed by atoms with van der Waals surface area (Å²) in [5.41, 5.74) is -3.38. The molecule has 11 nitrogen and oxygen atoms in total. The molecule has 32 heavy (non-hydrogen) atoms. The van der Waals surface area contributed by atoms with E-state index in [1.165, 1.54) is 7.85 Å². The molecule has 0 saturated heterocycles. The third-order valence-corrected chi connectivity index (χ3v) is 5.89. The molecule has 0 amide bonds. The second kappa shape index (κ2) is 7.34. The Balaban J connectivity index is 2.59. The third-order valence-electron chi connectivity index (χ3n) is 5.14. The maximum absolute atomic E-state index is 10.9. The van der Waals surface area contributed by atoms with Gasteiger partial charge in [-0.25, -0.2) is 0 Å². The standard InChI is InChI=1S/C18H15B2BrO11/c19-5-1(11(25)15(29)7(21)14(5)28)2-8(22)3(10(24)6(20)9(2)23)4-12(26)16(30)18(32)17(31)13(4)27/h22-32H,19-20H2. The lowest BCUT2D eigenvalue weighted by Gasteiger charge is -2.22. The highest BCUT2D eigenvalue weighted by atomic mass is 79.9. The molecular formula is C18H15B2BrO11. The molecule has 3 aromatic carbocycles. The van der Waals surface area contributed by atoms with Crippen molar-refractivity contribution in [2.45, 2.75) is 0 Å². The van der Waals surface area contributed by atoms with Crippen molar-refractivity contribution in [2.75, 3.05) is 0 Å². The van der Waals surface area contributed by atoms with E-state index in [-0.39, 0.29) is 15.4 Å². The van der Waals surface area contributed by atoms with E-state index in [0.717, 1.165) is 7.85 Å². The van der Waals surface area contributed by atoms with Crippen LogP contribution in [0.2, 0.25) is 0 Å². The first-order chi connectivity index (χ1) is 14.7. The van der Waals surface area contributed by atoms with Crippen molar-refractivity contribution in [3.63, 3.8) is 0 Å². The van der Waals surface area contributed by atoms with Gasteiger partial charge in [-0.05, 0) is 26.9 Å². The number of hydrogen-bond donors (Lipinski definition) is 11. The van der Waals surface area contributed by atoms with Crippen LogP contribution in [0.25, 0.3) is 22.3 Å². The Labute approximate surface area is 188 Å². The quantitative estimate of drug-likeness (QED) is 0.115. The van der Waals surface area contributed by atoms with Crippen LogP contribution >= 0.6 is 15.9 Å². The highest BCUT2D eigenvalue weighted by molar-refractivity contribution is 9.10. The number of aromatic hydroxyl groups is 11. The summed E-state index contributed by atoms with van der Waals surface area (Å²) < 4.78 is -0.283. The lowest BCUT2D eigenvalue weighted by molar-refractivity contribution is 0.329. The van der Waals surface area contributed by atoms with E-state index in [4.69, 9.17) is 0 Å². The van der Waals surface area contributed by atoms with Crippen molar-refractivity contribution in [3.05, 3.63) is 4.47 Å². The van der Waals surface area contributed by atoms with Crippen LogP contribution in [0.5, 0.6) is 63.2 Å². The molecule has 0 fully saturated rings. The zero-order valence-electron chi connectivity index (χ0n) is 16.3. The summed E-state index contributed by atoms with van der Waals surface area (Å²) in [4.78, 5) is 0. The van der Waals surface area contributed by atoms with Crippen molar-refractivity contribution >= 4 is 42.5 Å². The average molecular weight is 509 g/mol. The molecule has 3 aromatic rings. The fraction of sp³-hybridized carbons (Fsp3) is 0. The van der Waals surface area contributed by atoms with E-state index >= 15 is 0 Å². The van der Waals surface area contributed by atoms with Crippen molar-refractivity contribution < 1.29 is 56.2 Å². The topological polar surface area (TPSA) is 223 Å².